The fourth-order valence-corrected chi connectivity index (χ4v) is 2.85. The lowest BCUT2D eigenvalue weighted by Crippen LogP contribution is -2.41. The molecule has 3 N–H and O–H groups in total. The van der Waals surface area contributed by atoms with Crippen LogP contribution in [0.3, 0.4) is 0 Å². The lowest BCUT2D eigenvalue weighted by molar-refractivity contribution is -0.0498. The Labute approximate surface area is 165 Å². The zero-order valence-electron chi connectivity index (χ0n) is 16.3. The summed E-state index contributed by atoms with van der Waals surface area (Å²) in [4.78, 5) is 41.0. The van der Waals surface area contributed by atoms with Crippen molar-refractivity contribution < 1.29 is 18.3 Å². The zero-order valence-corrected chi connectivity index (χ0v) is 16.3. The normalized spacial score (nSPS) is 10.9. The second-order valence-electron chi connectivity index (χ2n) is 6.36. The van der Waals surface area contributed by atoms with Gasteiger partial charge in [-0.1, -0.05) is 20.3 Å². The second-order valence-corrected chi connectivity index (χ2v) is 6.36. The summed E-state index contributed by atoms with van der Waals surface area (Å²) in [6.45, 7) is 1.27. The van der Waals surface area contributed by atoms with Gasteiger partial charge in [0.25, 0.3) is 11.5 Å². The van der Waals surface area contributed by atoms with Crippen molar-refractivity contribution in [1.29, 1.82) is 0 Å². The van der Waals surface area contributed by atoms with Crippen molar-refractivity contribution in [2.24, 2.45) is 0 Å². The second kappa shape index (κ2) is 9.85. The number of nitrogens with zero attached hydrogens (tertiary/aromatic N) is 2. The number of amides is 1. The Morgan fingerprint density at radius 2 is 1.86 bits per heavy atom. The Hall–Kier alpha value is -3.17. The van der Waals surface area contributed by atoms with Gasteiger partial charge in [0.1, 0.15) is 11.6 Å². The van der Waals surface area contributed by atoms with Gasteiger partial charge in [-0.15, -0.1) is 0 Å². The number of hydrogen-bond donors (Lipinski definition) is 2. The lowest BCUT2D eigenvalue weighted by Gasteiger charge is -2.24. The van der Waals surface area contributed by atoms with Gasteiger partial charge in [0.15, 0.2) is 5.69 Å². The van der Waals surface area contributed by atoms with Crippen molar-refractivity contribution in [3.05, 3.63) is 50.7 Å². The Bertz CT molecular complexity index is 954. The van der Waals surface area contributed by atoms with Crippen LogP contribution < -0.4 is 26.6 Å². The van der Waals surface area contributed by atoms with Crippen molar-refractivity contribution in [1.82, 2.24) is 9.55 Å². The minimum Gasteiger partial charge on any atom is -0.435 e. The van der Waals surface area contributed by atoms with Gasteiger partial charge in [-0.2, -0.15) is 8.78 Å². The Kier molecular flexibility index (Phi) is 7.52. The summed E-state index contributed by atoms with van der Waals surface area (Å²) < 4.78 is 30.1. The predicted molar refractivity (Wildman–Crippen MR) is 106 cm³/mol. The first kappa shape index (κ1) is 22.1. The summed E-state index contributed by atoms with van der Waals surface area (Å²) in [6.07, 6.45) is 2.00. The van der Waals surface area contributed by atoms with Crippen LogP contribution >= 0.6 is 0 Å². The molecule has 29 heavy (non-hydrogen) atoms. The maximum absolute atomic E-state index is 13.0. The van der Waals surface area contributed by atoms with Crippen molar-refractivity contribution in [2.45, 2.75) is 46.3 Å². The number of carbonyl (C=O) groups is 1. The number of halogens is 2. The maximum Gasteiger partial charge on any atom is 0.387 e. The molecule has 1 amide bonds. The van der Waals surface area contributed by atoms with Gasteiger partial charge in [-0.05, 0) is 37.1 Å². The summed E-state index contributed by atoms with van der Waals surface area (Å²) in [5.74, 6) is -0.732. The van der Waals surface area contributed by atoms with E-state index in [0.29, 0.717) is 19.4 Å². The first-order valence-corrected chi connectivity index (χ1v) is 9.29. The minimum absolute atomic E-state index is 0.0911. The van der Waals surface area contributed by atoms with Gasteiger partial charge in [-0.3, -0.25) is 19.1 Å². The number of H-pyrrole nitrogens is 1. The number of unbranched alkanes of at least 4 members (excludes halogenated alkanes) is 1. The van der Waals surface area contributed by atoms with E-state index in [-0.39, 0.29) is 29.4 Å². The number of nitrogen functional groups attached to an aromatic ring is 1. The number of nitrogens with one attached hydrogen (secondary N) is 1. The molecule has 8 nitrogen and oxygen atoms in total. The molecule has 0 aliphatic carbocycles. The smallest absolute Gasteiger partial charge is 0.387 e. The van der Waals surface area contributed by atoms with Crippen molar-refractivity contribution >= 4 is 17.4 Å². The van der Waals surface area contributed by atoms with Crippen LogP contribution in [0.1, 0.15) is 43.5 Å². The molecule has 0 unspecified atom stereocenters. The summed E-state index contributed by atoms with van der Waals surface area (Å²) in [5, 5.41) is 0. The maximum atomic E-state index is 13.0. The third-order valence-electron chi connectivity index (χ3n) is 4.24. The summed E-state index contributed by atoms with van der Waals surface area (Å²) in [6, 6.07) is 5.11. The SMILES string of the molecule is CCCCn1c(N)c(N(CCC)C(=O)c2ccc(OC(F)F)cc2)c(=O)[nH]c1=O. The fraction of sp³-hybridized carbons (Fsp3) is 0.421. The molecule has 0 atom stereocenters. The average molecular weight is 410 g/mol. The van der Waals surface area contributed by atoms with Crippen LogP contribution in [0.4, 0.5) is 20.3 Å². The molecule has 0 aliphatic rings. The fourth-order valence-electron chi connectivity index (χ4n) is 2.85. The van der Waals surface area contributed by atoms with E-state index in [9.17, 15) is 23.2 Å². The van der Waals surface area contributed by atoms with Gasteiger partial charge in [0.2, 0.25) is 0 Å². The number of anilines is 2. The molecule has 0 spiro atoms. The highest BCUT2D eigenvalue weighted by Crippen LogP contribution is 2.22. The first-order chi connectivity index (χ1) is 13.8. The van der Waals surface area contributed by atoms with Crippen molar-refractivity contribution in [3.63, 3.8) is 0 Å². The highest BCUT2D eigenvalue weighted by Gasteiger charge is 2.24. The van der Waals surface area contributed by atoms with Crippen LogP contribution in [0.5, 0.6) is 5.75 Å². The van der Waals surface area contributed by atoms with Crippen LogP contribution in [-0.2, 0) is 6.54 Å². The Morgan fingerprint density at radius 1 is 1.21 bits per heavy atom. The molecule has 0 fully saturated rings. The van der Waals surface area contributed by atoms with Gasteiger partial charge in [-0.25, -0.2) is 4.79 Å². The zero-order chi connectivity index (χ0) is 21.6. The first-order valence-electron chi connectivity index (χ1n) is 9.29. The van der Waals surface area contributed by atoms with E-state index < -0.39 is 23.8 Å². The minimum atomic E-state index is -2.98. The van der Waals surface area contributed by atoms with Gasteiger partial charge >= 0.3 is 12.3 Å². The molecule has 0 saturated carbocycles. The van der Waals surface area contributed by atoms with Crippen LogP contribution in [0.2, 0.25) is 0 Å². The number of aromatic nitrogens is 2. The van der Waals surface area contributed by atoms with Crippen LogP contribution in [0.25, 0.3) is 0 Å². The molecular formula is C19H24F2N4O4. The molecule has 2 aromatic rings. The Morgan fingerprint density at radius 3 is 2.41 bits per heavy atom. The monoisotopic (exact) mass is 410 g/mol. The third kappa shape index (κ3) is 5.21. The molecule has 0 radical (unpaired) electrons. The Balaban J connectivity index is 2.46. The number of nitrogens with two attached hydrogens (primary N) is 1. The topological polar surface area (TPSA) is 110 Å². The van der Waals surface area contributed by atoms with Crippen molar-refractivity contribution in [2.75, 3.05) is 17.2 Å². The van der Waals surface area contributed by atoms with Gasteiger partial charge in [0, 0.05) is 18.7 Å². The van der Waals surface area contributed by atoms with Crippen LogP contribution in [0, 0.1) is 0 Å². The molecule has 0 saturated heterocycles. The van der Waals surface area contributed by atoms with E-state index in [1.165, 1.54) is 33.7 Å². The predicted octanol–water partition coefficient (Wildman–Crippen LogP) is 2.58. The van der Waals surface area contributed by atoms with Crippen molar-refractivity contribution in [3.8, 4) is 5.75 Å². The number of ether oxygens (including phenoxy) is 1. The van der Waals surface area contributed by atoms with Crippen LogP contribution in [-0.4, -0.2) is 28.6 Å². The molecule has 1 aromatic heterocycles. The lowest BCUT2D eigenvalue weighted by atomic mass is 10.1. The van der Waals surface area contributed by atoms with E-state index in [1.807, 2.05) is 13.8 Å². The van der Waals surface area contributed by atoms with Gasteiger partial charge < -0.3 is 15.4 Å². The molecular weight excluding hydrogens is 386 g/mol. The molecule has 0 bridgehead atoms. The van der Waals surface area contributed by atoms with E-state index in [0.717, 1.165) is 6.42 Å². The highest BCUT2D eigenvalue weighted by atomic mass is 19.3. The molecule has 0 aliphatic heterocycles. The van der Waals surface area contributed by atoms with E-state index >= 15 is 0 Å². The van der Waals surface area contributed by atoms with E-state index in [4.69, 9.17) is 5.73 Å². The summed E-state index contributed by atoms with van der Waals surface area (Å²) >= 11 is 0. The summed E-state index contributed by atoms with van der Waals surface area (Å²) in [5.41, 5.74) is 4.74. The summed E-state index contributed by atoms with van der Waals surface area (Å²) in [7, 11) is 0. The number of carbonyl (C=O) groups excluding carboxylic acids is 1. The number of aromatic amines is 1. The number of rotatable bonds is 9. The third-order valence-corrected chi connectivity index (χ3v) is 4.24. The largest absolute Gasteiger partial charge is 0.435 e. The quantitative estimate of drug-likeness (QED) is 0.660. The molecule has 10 heteroatoms. The van der Waals surface area contributed by atoms with E-state index in [2.05, 4.69) is 9.72 Å². The molecule has 1 heterocycles. The highest BCUT2D eigenvalue weighted by molar-refractivity contribution is 6.07. The number of hydrogen-bond acceptors (Lipinski definition) is 5. The molecule has 158 valence electrons. The molecule has 2 rings (SSSR count). The van der Waals surface area contributed by atoms with Crippen LogP contribution in [0.15, 0.2) is 33.9 Å². The standard InChI is InChI=1S/C19H24F2N4O4/c1-3-5-11-25-15(22)14(16(26)23-19(25)28)24(10-4-2)17(27)12-6-8-13(9-7-12)29-18(20)21/h6-9,18H,3-5,10-11,22H2,1-2H3,(H,23,26,28). The van der Waals surface area contributed by atoms with E-state index in [1.54, 1.807) is 0 Å². The van der Waals surface area contributed by atoms with Gasteiger partial charge in [0.05, 0.1) is 0 Å². The number of benzene rings is 1. The number of alkyl halides is 2. The molecule has 1 aromatic carbocycles. The average Bonchev–Trinajstić information content (AvgIpc) is 2.66.